The first-order valence-electron chi connectivity index (χ1n) is 11.5. The molecule has 0 bridgehead atoms. The number of hydrogen-bond acceptors (Lipinski definition) is 6. The molecule has 2 aromatic carbocycles. The van der Waals surface area contributed by atoms with E-state index in [2.05, 4.69) is 44.3 Å². The highest BCUT2D eigenvalue weighted by atomic mass is 19.1. The lowest BCUT2D eigenvalue weighted by Crippen LogP contribution is -2.45. The summed E-state index contributed by atoms with van der Waals surface area (Å²) >= 11 is 0. The second-order valence-electron chi connectivity index (χ2n) is 8.33. The van der Waals surface area contributed by atoms with Gasteiger partial charge in [0, 0.05) is 56.8 Å². The fourth-order valence-electron chi connectivity index (χ4n) is 3.91. The summed E-state index contributed by atoms with van der Waals surface area (Å²) in [7, 11) is 0. The third kappa shape index (κ3) is 6.69. The Hall–Kier alpha value is -3.10. The van der Waals surface area contributed by atoms with Crippen molar-refractivity contribution in [3.05, 3.63) is 65.8 Å². The Morgan fingerprint density at radius 3 is 2.42 bits per heavy atom. The minimum atomic E-state index is -0.311. The number of nitrogens with zero attached hydrogens (tertiary/aromatic N) is 4. The van der Waals surface area contributed by atoms with E-state index in [1.807, 2.05) is 12.1 Å². The summed E-state index contributed by atoms with van der Waals surface area (Å²) in [6.45, 7) is 8.71. The number of carbonyl (C=O) groups excluding carboxylic acids is 1. The number of nitrogens with one attached hydrogen (secondary N) is 1. The molecule has 1 aliphatic rings. The summed E-state index contributed by atoms with van der Waals surface area (Å²) in [5, 5.41) is 6.87. The van der Waals surface area contributed by atoms with Crippen LogP contribution in [0.15, 0.2) is 53.1 Å². The number of anilines is 1. The number of likely N-dealkylation sites (N-methyl/N-ethyl adjacent to an activating group) is 1. The molecular formula is C25H30FN5O2. The molecule has 1 fully saturated rings. The second-order valence-corrected chi connectivity index (χ2v) is 8.33. The number of aromatic nitrogens is 2. The van der Waals surface area contributed by atoms with Crippen molar-refractivity contribution in [3.8, 4) is 11.4 Å². The summed E-state index contributed by atoms with van der Waals surface area (Å²) in [6.07, 6.45) is 1.46. The predicted octanol–water partition coefficient (Wildman–Crippen LogP) is 3.97. The van der Waals surface area contributed by atoms with E-state index in [9.17, 15) is 9.18 Å². The van der Waals surface area contributed by atoms with Crippen LogP contribution in [0.1, 0.15) is 31.2 Å². The van der Waals surface area contributed by atoms with Crippen LogP contribution < -0.4 is 5.32 Å². The number of amides is 1. The molecule has 0 aliphatic carbocycles. The van der Waals surface area contributed by atoms with Crippen molar-refractivity contribution >= 4 is 11.6 Å². The smallest absolute Gasteiger partial charge is 0.226 e. The van der Waals surface area contributed by atoms with Gasteiger partial charge < -0.3 is 14.7 Å². The number of rotatable bonds is 9. The molecule has 1 N–H and O–H groups in total. The number of piperazine rings is 1. The lowest BCUT2D eigenvalue weighted by Gasteiger charge is -2.34. The van der Waals surface area contributed by atoms with Crippen molar-refractivity contribution in [2.24, 2.45) is 0 Å². The SMILES string of the molecule is CCN1CCN(Cc2ccc(NC(=O)CCCc3nc(-c4ccc(F)cc4)no3)cc2)CC1. The summed E-state index contributed by atoms with van der Waals surface area (Å²) < 4.78 is 18.3. The minimum absolute atomic E-state index is 0.0447. The van der Waals surface area contributed by atoms with Gasteiger partial charge in [-0.15, -0.1) is 0 Å². The van der Waals surface area contributed by atoms with E-state index in [1.165, 1.54) is 17.7 Å². The van der Waals surface area contributed by atoms with Crippen LogP contribution in [0.2, 0.25) is 0 Å². The molecule has 1 aromatic heterocycles. The first-order valence-corrected chi connectivity index (χ1v) is 11.5. The van der Waals surface area contributed by atoms with E-state index in [0.29, 0.717) is 36.5 Å². The van der Waals surface area contributed by atoms with Crippen LogP contribution >= 0.6 is 0 Å². The second kappa shape index (κ2) is 11.2. The molecule has 0 saturated carbocycles. The van der Waals surface area contributed by atoms with E-state index < -0.39 is 0 Å². The van der Waals surface area contributed by atoms with Gasteiger partial charge in [-0.25, -0.2) is 4.39 Å². The van der Waals surface area contributed by atoms with Gasteiger partial charge in [0.15, 0.2) is 0 Å². The van der Waals surface area contributed by atoms with Crippen molar-refractivity contribution < 1.29 is 13.7 Å². The van der Waals surface area contributed by atoms with Crippen LogP contribution in [0.3, 0.4) is 0 Å². The summed E-state index contributed by atoms with van der Waals surface area (Å²) in [4.78, 5) is 21.6. The van der Waals surface area contributed by atoms with E-state index >= 15 is 0 Å². The van der Waals surface area contributed by atoms with E-state index in [4.69, 9.17) is 4.52 Å². The Bertz CT molecular complexity index is 1030. The third-order valence-corrected chi connectivity index (χ3v) is 5.92. The Morgan fingerprint density at radius 2 is 1.73 bits per heavy atom. The highest BCUT2D eigenvalue weighted by Gasteiger charge is 2.15. The Kier molecular flexibility index (Phi) is 7.80. The summed E-state index contributed by atoms with van der Waals surface area (Å²) in [5.41, 5.74) is 2.75. The normalized spacial score (nSPS) is 15.0. The van der Waals surface area contributed by atoms with Crippen LogP contribution in [0.25, 0.3) is 11.4 Å². The number of carbonyl (C=O) groups is 1. The van der Waals surface area contributed by atoms with E-state index in [1.54, 1.807) is 12.1 Å². The van der Waals surface area contributed by atoms with Crippen LogP contribution in [0.4, 0.5) is 10.1 Å². The average Bonchev–Trinajstić information content (AvgIpc) is 3.30. The lowest BCUT2D eigenvalue weighted by atomic mass is 10.1. The van der Waals surface area contributed by atoms with Crippen LogP contribution in [-0.2, 0) is 17.8 Å². The maximum atomic E-state index is 13.0. The van der Waals surface area contributed by atoms with Gasteiger partial charge in [0.05, 0.1) is 0 Å². The Balaban J connectivity index is 1.18. The molecule has 0 atom stereocenters. The molecule has 33 heavy (non-hydrogen) atoms. The molecule has 1 amide bonds. The first kappa shape index (κ1) is 23.1. The number of hydrogen-bond donors (Lipinski definition) is 1. The summed E-state index contributed by atoms with van der Waals surface area (Å²) in [5.74, 6) is 0.526. The van der Waals surface area contributed by atoms with Gasteiger partial charge in [-0.2, -0.15) is 4.98 Å². The fourth-order valence-corrected chi connectivity index (χ4v) is 3.91. The zero-order valence-electron chi connectivity index (χ0n) is 19.0. The molecule has 2 heterocycles. The molecule has 3 aromatic rings. The lowest BCUT2D eigenvalue weighted by molar-refractivity contribution is -0.116. The maximum Gasteiger partial charge on any atom is 0.226 e. The maximum absolute atomic E-state index is 13.0. The van der Waals surface area contributed by atoms with Crippen molar-refractivity contribution in [2.45, 2.75) is 32.7 Å². The monoisotopic (exact) mass is 451 g/mol. The average molecular weight is 452 g/mol. The first-order chi connectivity index (χ1) is 16.1. The Morgan fingerprint density at radius 1 is 1.03 bits per heavy atom. The predicted molar refractivity (Wildman–Crippen MR) is 125 cm³/mol. The van der Waals surface area contributed by atoms with E-state index in [-0.39, 0.29) is 11.7 Å². The largest absolute Gasteiger partial charge is 0.339 e. The zero-order chi connectivity index (χ0) is 23.0. The Labute approximate surface area is 193 Å². The van der Waals surface area contributed by atoms with Crippen molar-refractivity contribution in [1.82, 2.24) is 19.9 Å². The number of halogens is 1. The van der Waals surface area contributed by atoms with Crippen molar-refractivity contribution in [1.29, 1.82) is 0 Å². The van der Waals surface area contributed by atoms with Gasteiger partial charge in [0.1, 0.15) is 5.82 Å². The van der Waals surface area contributed by atoms with Gasteiger partial charge in [0.2, 0.25) is 17.6 Å². The molecule has 0 unspecified atom stereocenters. The van der Waals surface area contributed by atoms with Gasteiger partial charge in [-0.05, 0) is 54.9 Å². The number of benzene rings is 2. The van der Waals surface area contributed by atoms with Crippen molar-refractivity contribution in [2.75, 3.05) is 38.0 Å². The van der Waals surface area contributed by atoms with Gasteiger partial charge in [-0.1, -0.05) is 24.2 Å². The van der Waals surface area contributed by atoms with Gasteiger partial charge in [0.25, 0.3) is 0 Å². The molecule has 0 spiro atoms. The molecule has 4 rings (SSSR count). The molecule has 0 radical (unpaired) electrons. The molecule has 1 aliphatic heterocycles. The fraction of sp³-hybridized carbons (Fsp3) is 0.400. The molecule has 7 nitrogen and oxygen atoms in total. The van der Waals surface area contributed by atoms with Gasteiger partial charge >= 0.3 is 0 Å². The molecule has 8 heteroatoms. The van der Waals surface area contributed by atoms with E-state index in [0.717, 1.165) is 45.0 Å². The highest BCUT2D eigenvalue weighted by Crippen LogP contribution is 2.17. The van der Waals surface area contributed by atoms with Crippen molar-refractivity contribution in [3.63, 3.8) is 0 Å². The third-order valence-electron chi connectivity index (χ3n) is 5.92. The zero-order valence-corrected chi connectivity index (χ0v) is 19.0. The quantitative estimate of drug-likeness (QED) is 0.531. The molecule has 174 valence electrons. The topological polar surface area (TPSA) is 74.5 Å². The van der Waals surface area contributed by atoms with Crippen LogP contribution in [0.5, 0.6) is 0 Å². The number of aryl methyl sites for hydroxylation is 1. The highest BCUT2D eigenvalue weighted by molar-refractivity contribution is 5.90. The van der Waals surface area contributed by atoms with Crippen LogP contribution in [0, 0.1) is 5.82 Å². The standard InChI is InChI=1S/C25H30FN5O2/c1-2-30-14-16-31(17-15-30)18-19-6-12-22(13-7-19)27-23(32)4-3-5-24-28-25(29-33-24)20-8-10-21(26)11-9-20/h6-13H,2-5,14-18H2,1H3,(H,27,32). The van der Waals surface area contributed by atoms with Gasteiger partial charge in [-0.3, -0.25) is 9.69 Å². The van der Waals surface area contributed by atoms with Crippen LogP contribution in [-0.4, -0.2) is 58.6 Å². The minimum Gasteiger partial charge on any atom is -0.339 e. The molecular weight excluding hydrogens is 421 g/mol. The summed E-state index contributed by atoms with van der Waals surface area (Å²) in [6, 6.07) is 14.0. The molecule has 1 saturated heterocycles.